The summed E-state index contributed by atoms with van der Waals surface area (Å²) in [6.07, 6.45) is 0. The lowest BCUT2D eigenvalue weighted by atomic mass is 10.1. The lowest BCUT2D eigenvalue weighted by Crippen LogP contribution is -2.36. The highest BCUT2D eigenvalue weighted by molar-refractivity contribution is 5.99. The molecule has 0 aliphatic carbocycles. The number of halogens is 1. The second-order valence-electron chi connectivity index (χ2n) is 6.73. The van der Waals surface area contributed by atoms with Gasteiger partial charge in [-0.1, -0.05) is 23.4 Å². The Hall–Kier alpha value is -3.33. The summed E-state index contributed by atoms with van der Waals surface area (Å²) < 4.78 is 21.4. The Balaban J connectivity index is 1.41. The second-order valence-corrected chi connectivity index (χ2v) is 6.73. The number of hydrogen-bond donors (Lipinski definition) is 1. The van der Waals surface area contributed by atoms with Crippen LogP contribution >= 0.6 is 0 Å². The van der Waals surface area contributed by atoms with E-state index in [0.29, 0.717) is 43.3 Å². The van der Waals surface area contributed by atoms with Gasteiger partial charge in [0.05, 0.1) is 30.1 Å². The van der Waals surface area contributed by atoms with Crippen molar-refractivity contribution in [2.24, 2.45) is 5.10 Å². The molecular weight excluding hydrogens is 375 g/mol. The smallest absolute Gasteiger partial charge is 0.261 e. The first-order chi connectivity index (χ1) is 14.1. The minimum Gasteiger partial charge on any atom is -0.378 e. The average Bonchev–Trinajstić information content (AvgIpc) is 3.15. The number of carbonyl (C=O) groups excluding carboxylic acids is 1. The summed E-state index contributed by atoms with van der Waals surface area (Å²) in [5.74, 6) is -0.662. The highest BCUT2D eigenvalue weighted by atomic mass is 19.1. The number of hydrazone groups is 1. The van der Waals surface area contributed by atoms with E-state index >= 15 is 0 Å². The molecule has 2 heterocycles. The number of nitrogens with zero attached hydrogens (tertiary/aromatic N) is 5. The molecule has 2 aromatic carbocycles. The maximum absolute atomic E-state index is 14.6. The summed E-state index contributed by atoms with van der Waals surface area (Å²) in [5.41, 5.74) is 5.64. The summed E-state index contributed by atoms with van der Waals surface area (Å²) in [4.78, 5) is 14.2. The number of morpholine rings is 1. The second kappa shape index (κ2) is 8.36. The van der Waals surface area contributed by atoms with Crippen LogP contribution in [0.15, 0.2) is 47.6 Å². The number of aromatic nitrogens is 3. The van der Waals surface area contributed by atoms with Gasteiger partial charge in [-0.2, -0.15) is 5.10 Å². The van der Waals surface area contributed by atoms with E-state index in [-0.39, 0.29) is 18.3 Å². The topological polar surface area (TPSA) is 84.6 Å². The minimum absolute atomic E-state index is 0.0123. The van der Waals surface area contributed by atoms with E-state index in [4.69, 9.17) is 4.74 Å². The number of benzene rings is 2. The molecule has 1 aromatic heterocycles. The van der Waals surface area contributed by atoms with Crippen molar-refractivity contribution >= 4 is 28.3 Å². The van der Waals surface area contributed by atoms with Crippen LogP contribution in [0.4, 0.5) is 10.1 Å². The first-order valence-electron chi connectivity index (χ1n) is 9.36. The fraction of sp³-hybridized carbons (Fsp3) is 0.300. The summed E-state index contributed by atoms with van der Waals surface area (Å²) in [6.45, 7) is 4.21. The van der Waals surface area contributed by atoms with Crippen molar-refractivity contribution in [1.29, 1.82) is 0 Å². The molecular formula is C20H21FN6O2. The van der Waals surface area contributed by atoms with E-state index in [1.54, 1.807) is 19.1 Å². The molecule has 1 N–H and O–H groups in total. The van der Waals surface area contributed by atoms with Gasteiger partial charge in [-0.25, -0.2) is 14.5 Å². The molecule has 1 aliphatic rings. The van der Waals surface area contributed by atoms with E-state index in [9.17, 15) is 9.18 Å². The fourth-order valence-corrected chi connectivity index (χ4v) is 3.21. The molecule has 1 aliphatic heterocycles. The Morgan fingerprint density at radius 2 is 2.03 bits per heavy atom. The fourth-order valence-electron chi connectivity index (χ4n) is 3.21. The van der Waals surface area contributed by atoms with Crippen molar-refractivity contribution < 1.29 is 13.9 Å². The molecule has 3 aromatic rings. The largest absolute Gasteiger partial charge is 0.378 e. The van der Waals surface area contributed by atoms with E-state index in [1.165, 1.54) is 10.7 Å². The van der Waals surface area contributed by atoms with Gasteiger partial charge >= 0.3 is 0 Å². The van der Waals surface area contributed by atoms with Crippen LogP contribution in [0.3, 0.4) is 0 Å². The summed E-state index contributed by atoms with van der Waals surface area (Å²) in [5, 5.41) is 12.1. The third kappa shape index (κ3) is 4.24. The molecule has 150 valence electrons. The normalized spacial score (nSPS) is 15.0. The van der Waals surface area contributed by atoms with Crippen LogP contribution in [0.5, 0.6) is 0 Å². The molecule has 8 nitrogen and oxygen atoms in total. The van der Waals surface area contributed by atoms with Crippen molar-refractivity contribution in [3.05, 3.63) is 53.8 Å². The standard InChI is InChI=1S/C20H21FN6O2/c1-14(15-6-7-18(16(21)12-15)26-8-10-29-11-9-26)22-24-20(28)13-27-19-5-3-2-4-17(19)23-25-27/h2-7,12H,8-11,13H2,1H3,(H,24,28)/b22-14-. The molecule has 29 heavy (non-hydrogen) atoms. The minimum atomic E-state index is -0.342. The summed E-state index contributed by atoms with van der Waals surface area (Å²) in [6, 6.07) is 12.4. The van der Waals surface area contributed by atoms with Crippen LogP contribution < -0.4 is 10.3 Å². The number of para-hydroxylation sites is 1. The molecule has 0 radical (unpaired) electrons. The Morgan fingerprint density at radius 3 is 2.83 bits per heavy atom. The SMILES string of the molecule is C/C(=N/NC(=O)Cn1nnc2ccccc21)c1ccc(N2CCOCC2)c(F)c1. The molecule has 0 saturated carbocycles. The van der Waals surface area contributed by atoms with E-state index < -0.39 is 0 Å². The molecule has 0 unspecified atom stereocenters. The van der Waals surface area contributed by atoms with Gasteiger partial charge in [-0.15, -0.1) is 5.10 Å². The quantitative estimate of drug-likeness (QED) is 0.526. The van der Waals surface area contributed by atoms with Crippen LogP contribution in [-0.4, -0.2) is 52.9 Å². The number of anilines is 1. The number of ether oxygens (including phenoxy) is 1. The van der Waals surface area contributed by atoms with Crippen LogP contribution in [0.2, 0.25) is 0 Å². The monoisotopic (exact) mass is 396 g/mol. The zero-order chi connectivity index (χ0) is 20.2. The zero-order valence-corrected chi connectivity index (χ0v) is 16.0. The zero-order valence-electron chi connectivity index (χ0n) is 16.0. The molecule has 1 fully saturated rings. The third-order valence-electron chi connectivity index (χ3n) is 4.78. The van der Waals surface area contributed by atoms with Gasteiger partial charge in [0.1, 0.15) is 17.9 Å². The number of hydrogen-bond acceptors (Lipinski definition) is 6. The van der Waals surface area contributed by atoms with Crippen LogP contribution in [0.1, 0.15) is 12.5 Å². The maximum atomic E-state index is 14.6. The lowest BCUT2D eigenvalue weighted by Gasteiger charge is -2.29. The van der Waals surface area contributed by atoms with Crippen LogP contribution in [-0.2, 0) is 16.1 Å². The third-order valence-corrected chi connectivity index (χ3v) is 4.78. The van der Waals surface area contributed by atoms with Gasteiger partial charge in [-0.3, -0.25) is 4.79 Å². The Morgan fingerprint density at radius 1 is 1.24 bits per heavy atom. The summed E-state index contributed by atoms with van der Waals surface area (Å²) >= 11 is 0. The number of amides is 1. The molecule has 1 saturated heterocycles. The molecule has 0 atom stereocenters. The average molecular weight is 396 g/mol. The van der Waals surface area contributed by atoms with E-state index in [0.717, 1.165) is 11.0 Å². The van der Waals surface area contributed by atoms with Crippen molar-refractivity contribution in [3.63, 3.8) is 0 Å². The molecule has 9 heteroatoms. The molecule has 4 rings (SSSR count). The van der Waals surface area contributed by atoms with Gasteiger partial charge in [0.2, 0.25) is 0 Å². The Kier molecular flexibility index (Phi) is 5.48. The first-order valence-corrected chi connectivity index (χ1v) is 9.36. The van der Waals surface area contributed by atoms with Crippen molar-refractivity contribution in [2.45, 2.75) is 13.5 Å². The molecule has 0 spiro atoms. The van der Waals surface area contributed by atoms with Crippen LogP contribution in [0.25, 0.3) is 11.0 Å². The van der Waals surface area contributed by atoms with E-state index in [2.05, 4.69) is 20.8 Å². The number of nitrogens with one attached hydrogen (secondary N) is 1. The highest BCUT2D eigenvalue weighted by Gasteiger charge is 2.16. The van der Waals surface area contributed by atoms with Gasteiger partial charge < -0.3 is 9.64 Å². The van der Waals surface area contributed by atoms with Gasteiger partial charge in [0.25, 0.3) is 5.91 Å². The van der Waals surface area contributed by atoms with Crippen LogP contribution in [0, 0.1) is 5.82 Å². The Bertz CT molecular complexity index is 1060. The first kappa shape index (κ1) is 19.0. The number of rotatable bonds is 5. The highest BCUT2D eigenvalue weighted by Crippen LogP contribution is 2.22. The number of fused-ring (bicyclic) bond motifs is 1. The van der Waals surface area contributed by atoms with Crippen molar-refractivity contribution in [1.82, 2.24) is 20.4 Å². The number of carbonyl (C=O) groups is 1. The van der Waals surface area contributed by atoms with Crippen molar-refractivity contribution in [3.8, 4) is 0 Å². The van der Waals surface area contributed by atoms with E-state index in [1.807, 2.05) is 29.2 Å². The maximum Gasteiger partial charge on any atom is 0.261 e. The van der Waals surface area contributed by atoms with Gasteiger partial charge in [-0.05, 0) is 31.2 Å². The Labute approximate surface area is 166 Å². The predicted molar refractivity (Wildman–Crippen MR) is 107 cm³/mol. The molecule has 0 bridgehead atoms. The lowest BCUT2D eigenvalue weighted by molar-refractivity contribution is -0.121. The van der Waals surface area contributed by atoms with Crippen molar-refractivity contribution in [2.75, 3.05) is 31.2 Å². The van der Waals surface area contributed by atoms with Gasteiger partial charge in [0, 0.05) is 18.7 Å². The van der Waals surface area contributed by atoms with Gasteiger partial charge in [0.15, 0.2) is 0 Å². The predicted octanol–water partition coefficient (Wildman–Crippen LogP) is 1.95. The summed E-state index contributed by atoms with van der Waals surface area (Å²) in [7, 11) is 0. The molecule has 1 amide bonds.